The van der Waals surface area contributed by atoms with E-state index in [1.807, 2.05) is 0 Å². The molecule has 1 unspecified atom stereocenters. The Hall–Kier alpha value is -0.380. The molecule has 0 saturated carbocycles. The maximum Gasteiger partial charge on any atom is 0.0208 e. The van der Waals surface area contributed by atoms with Crippen LogP contribution < -0.4 is 5.32 Å². The lowest BCUT2D eigenvalue weighted by Crippen LogP contribution is -2.43. The number of hydrogen-bond donors (Lipinski definition) is 1. The molecule has 1 N–H and O–H groups in total. The van der Waals surface area contributed by atoms with Gasteiger partial charge in [0.25, 0.3) is 0 Å². The van der Waals surface area contributed by atoms with Crippen LogP contribution >= 0.6 is 15.9 Å². The Morgan fingerprint density at radius 1 is 1.38 bits per heavy atom. The number of halogens is 1. The van der Waals surface area contributed by atoms with Crippen LogP contribution in [0.4, 0.5) is 0 Å². The van der Waals surface area contributed by atoms with Crippen LogP contribution in [-0.4, -0.2) is 31.1 Å². The van der Waals surface area contributed by atoms with Gasteiger partial charge in [0.1, 0.15) is 0 Å². The maximum atomic E-state index is 3.58. The zero-order chi connectivity index (χ0) is 11.0. The van der Waals surface area contributed by atoms with Crippen LogP contribution in [-0.2, 0) is 6.54 Å². The number of fused-ring (bicyclic) bond motifs is 1. The summed E-state index contributed by atoms with van der Waals surface area (Å²) in [6.07, 6.45) is 1.38. The summed E-state index contributed by atoms with van der Waals surface area (Å²) in [5.41, 5.74) is 3.01. The summed E-state index contributed by atoms with van der Waals surface area (Å²) in [6.45, 7) is 5.95. The molecule has 0 aliphatic carbocycles. The van der Waals surface area contributed by atoms with Crippen LogP contribution in [0.2, 0.25) is 0 Å². The van der Waals surface area contributed by atoms with Gasteiger partial charge in [0, 0.05) is 30.0 Å². The average Bonchev–Trinajstić information content (AvgIpc) is 2.23. The number of nitrogens with one attached hydrogen (secondary N) is 1. The maximum absolute atomic E-state index is 3.58. The first-order valence-corrected chi connectivity index (χ1v) is 6.83. The van der Waals surface area contributed by atoms with Crippen molar-refractivity contribution in [2.75, 3.05) is 26.2 Å². The van der Waals surface area contributed by atoms with E-state index in [1.54, 1.807) is 5.56 Å². The number of likely N-dealkylation sites (tertiary alicyclic amines) is 1. The quantitative estimate of drug-likeness (QED) is 0.895. The smallest absolute Gasteiger partial charge is 0.0208 e. The van der Waals surface area contributed by atoms with Crippen molar-refractivity contribution in [1.82, 2.24) is 10.2 Å². The van der Waals surface area contributed by atoms with Gasteiger partial charge in [-0.2, -0.15) is 0 Å². The van der Waals surface area contributed by atoms with Crippen molar-refractivity contribution in [2.45, 2.75) is 18.9 Å². The highest BCUT2D eigenvalue weighted by Gasteiger charge is 2.24. The van der Waals surface area contributed by atoms with Crippen molar-refractivity contribution in [3.05, 3.63) is 33.8 Å². The molecule has 0 spiro atoms. The van der Waals surface area contributed by atoms with Gasteiger partial charge in [0.2, 0.25) is 0 Å². The third-order valence-electron chi connectivity index (χ3n) is 3.68. The van der Waals surface area contributed by atoms with Crippen LogP contribution in [0.25, 0.3) is 0 Å². The van der Waals surface area contributed by atoms with Gasteiger partial charge in [-0.3, -0.25) is 0 Å². The standard InChI is InChI=1S/C13H17BrN2/c14-12-3-2-10-7-15-8-11(13(10)6-12)9-16-4-1-5-16/h2-3,6,11,15H,1,4-5,7-9H2. The van der Waals surface area contributed by atoms with Crippen LogP contribution in [0.5, 0.6) is 0 Å². The van der Waals surface area contributed by atoms with Crippen molar-refractivity contribution < 1.29 is 0 Å². The fraction of sp³-hybridized carbons (Fsp3) is 0.538. The summed E-state index contributed by atoms with van der Waals surface area (Å²) >= 11 is 3.58. The van der Waals surface area contributed by atoms with Gasteiger partial charge in [0.05, 0.1) is 0 Å². The third-order valence-corrected chi connectivity index (χ3v) is 4.17. The first-order chi connectivity index (χ1) is 7.83. The zero-order valence-electron chi connectivity index (χ0n) is 9.38. The second kappa shape index (κ2) is 4.47. The Morgan fingerprint density at radius 3 is 3.00 bits per heavy atom. The van der Waals surface area contributed by atoms with Gasteiger partial charge in [-0.05, 0) is 42.8 Å². The molecule has 0 amide bonds. The lowest BCUT2D eigenvalue weighted by molar-refractivity contribution is 0.167. The summed E-state index contributed by atoms with van der Waals surface area (Å²) < 4.78 is 1.21. The molecule has 0 radical (unpaired) electrons. The molecule has 3 rings (SSSR count). The Labute approximate surface area is 105 Å². The lowest BCUT2D eigenvalue weighted by Gasteiger charge is -2.36. The Morgan fingerprint density at radius 2 is 2.25 bits per heavy atom. The highest BCUT2D eigenvalue weighted by atomic mass is 79.9. The van der Waals surface area contributed by atoms with Crippen LogP contribution in [0, 0.1) is 0 Å². The molecule has 2 nitrogen and oxygen atoms in total. The van der Waals surface area contributed by atoms with Crippen LogP contribution in [0.15, 0.2) is 22.7 Å². The van der Waals surface area contributed by atoms with Gasteiger partial charge in [0.15, 0.2) is 0 Å². The van der Waals surface area contributed by atoms with Gasteiger partial charge < -0.3 is 10.2 Å². The lowest BCUT2D eigenvalue weighted by atomic mass is 9.90. The largest absolute Gasteiger partial charge is 0.312 e. The fourth-order valence-electron chi connectivity index (χ4n) is 2.64. The van der Waals surface area contributed by atoms with Gasteiger partial charge >= 0.3 is 0 Å². The van der Waals surface area contributed by atoms with E-state index in [0.717, 1.165) is 13.1 Å². The molecule has 2 heterocycles. The number of benzene rings is 1. The van der Waals surface area contributed by atoms with Crippen molar-refractivity contribution >= 4 is 15.9 Å². The van der Waals surface area contributed by atoms with E-state index in [4.69, 9.17) is 0 Å². The third kappa shape index (κ3) is 2.04. The van der Waals surface area contributed by atoms with E-state index in [1.165, 1.54) is 36.1 Å². The van der Waals surface area contributed by atoms with E-state index < -0.39 is 0 Å². The van der Waals surface area contributed by atoms with Gasteiger partial charge in [-0.15, -0.1) is 0 Å². The first-order valence-electron chi connectivity index (χ1n) is 6.04. The predicted octanol–water partition coefficient (Wildman–Crippen LogP) is 2.34. The monoisotopic (exact) mass is 280 g/mol. The molecule has 3 heteroatoms. The highest BCUT2D eigenvalue weighted by molar-refractivity contribution is 9.10. The van der Waals surface area contributed by atoms with Crippen LogP contribution in [0.3, 0.4) is 0 Å². The molecule has 1 atom stereocenters. The van der Waals surface area contributed by atoms with E-state index >= 15 is 0 Å². The molecule has 16 heavy (non-hydrogen) atoms. The van der Waals surface area contributed by atoms with E-state index in [0.29, 0.717) is 5.92 Å². The second-order valence-corrected chi connectivity index (χ2v) is 5.74. The molecule has 1 saturated heterocycles. The minimum Gasteiger partial charge on any atom is -0.312 e. The normalized spacial score (nSPS) is 24.9. The summed E-state index contributed by atoms with van der Waals surface area (Å²) in [4.78, 5) is 2.56. The van der Waals surface area contributed by atoms with E-state index in [2.05, 4.69) is 44.3 Å². The summed E-state index contributed by atoms with van der Waals surface area (Å²) in [7, 11) is 0. The van der Waals surface area contributed by atoms with Gasteiger partial charge in [-0.1, -0.05) is 22.0 Å². The molecule has 2 aliphatic heterocycles. The fourth-order valence-corrected chi connectivity index (χ4v) is 3.02. The Balaban J connectivity index is 1.83. The Kier molecular flexibility index (Phi) is 3.01. The summed E-state index contributed by atoms with van der Waals surface area (Å²) in [5, 5.41) is 3.52. The average molecular weight is 281 g/mol. The number of rotatable bonds is 2. The first kappa shape index (κ1) is 10.8. The van der Waals surface area contributed by atoms with Crippen molar-refractivity contribution in [3.8, 4) is 0 Å². The minimum atomic E-state index is 0.668. The van der Waals surface area contributed by atoms with Crippen molar-refractivity contribution in [3.63, 3.8) is 0 Å². The molecular formula is C13H17BrN2. The molecule has 0 aromatic heterocycles. The topological polar surface area (TPSA) is 15.3 Å². The highest BCUT2D eigenvalue weighted by Crippen LogP contribution is 2.28. The molecule has 86 valence electrons. The molecule has 1 aromatic rings. The van der Waals surface area contributed by atoms with E-state index in [-0.39, 0.29) is 0 Å². The van der Waals surface area contributed by atoms with Crippen LogP contribution in [0.1, 0.15) is 23.5 Å². The van der Waals surface area contributed by atoms with Crippen molar-refractivity contribution in [2.24, 2.45) is 0 Å². The number of nitrogens with zero attached hydrogens (tertiary/aromatic N) is 1. The second-order valence-electron chi connectivity index (χ2n) is 4.83. The van der Waals surface area contributed by atoms with E-state index in [9.17, 15) is 0 Å². The molecule has 1 aromatic carbocycles. The number of hydrogen-bond acceptors (Lipinski definition) is 2. The predicted molar refractivity (Wildman–Crippen MR) is 69.6 cm³/mol. The summed E-state index contributed by atoms with van der Waals surface area (Å²) in [6, 6.07) is 6.70. The molecule has 0 bridgehead atoms. The zero-order valence-corrected chi connectivity index (χ0v) is 11.0. The summed E-state index contributed by atoms with van der Waals surface area (Å²) in [5.74, 6) is 0.668. The van der Waals surface area contributed by atoms with Gasteiger partial charge in [-0.25, -0.2) is 0 Å². The molecular weight excluding hydrogens is 264 g/mol. The Bertz CT molecular complexity index is 388. The molecule has 2 aliphatic rings. The molecule has 1 fully saturated rings. The minimum absolute atomic E-state index is 0.668. The van der Waals surface area contributed by atoms with Crippen molar-refractivity contribution in [1.29, 1.82) is 0 Å². The SMILES string of the molecule is Brc1ccc2c(c1)C(CN1CCC1)CNC2.